The van der Waals surface area contributed by atoms with Crippen molar-refractivity contribution >= 4 is 58.1 Å². The van der Waals surface area contributed by atoms with Crippen molar-refractivity contribution in [3.8, 4) is 5.75 Å². The number of hydrogen-bond acceptors (Lipinski definition) is 7. The summed E-state index contributed by atoms with van der Waals surface area (Å²) < 4.78 is 10.5. The van der Waals surface area contributed by atoms with Crippen LogP contribution in [0.4, 0.5) is 10.5 Å². The minimum atomic E-state index is -0.509. The molecule has 0 saturated carbocycles. The van der Waals surface area contributed by atoms with Crippen molar-refractivity contribution in [3.63, 3.8) is 0 Å². The Kier molecular flexibility index (Phi) is 7.32. The number of hydrogen-bond donors (Lipinski definition) is 2. The Morgan fingerprint density at radius 2 is 1.90 bits per heavy atom. The van der Waals surface area contributed by atoms with Gasteiger partial charge in [0.05, 0.1) is 17.1 Å². The molecule has 0 atom stereocenters. The molecule has 1 aliphatic rings. The zero-order valence-corrected chi connectivity index (χ0v) is 17.8. The molecule has 31 heavy (non-hydrogen) atoms. The zero-order chi connectivity index (χ0) is 22.4. The maximum atomic E-state index is 12.2. The van der Waals surface area contributed by atoms with Gasteiger partial charge in [0, 0.05) is 16.3 Å². The van der Waals surface area contributed by atoms with E-state index >= 15 is 0 Å². The molecule has 0 radical (unpaired) electrons. The summed E-state index contributed by atoms with van der Waals surface area (Å²) in [5.41, 5.74) is 1.31. The van der Waals surface area contributed by atoms with Crippen LogP contribution in [-0.4, -0.2) is 36.2 Å². The summed E-state index contributed by atoms with van der Waals surface area (Å²) in [4.78, 5) is 47.2. The highest BCUT2D eigenvalue weighted by Gasteiger charge is 2.25. The summed E-state index contributed by atoms with van der Waals surface area (Å²) in [6.07, 6.45) is 1.47. The number of halogens is 1. The van der Waals surface area contributed by atoms with Gasteiger partial charge in [0.25, 0.3) is 17.1 Å². The first-order valence-electron chi connectivity index (χ1n) is 9.10. The van der Waals surface area contributed by atoms with E-state index in [4.69, 9.17) is 21.1 Å². The molecule has 160 valence electrons. The van der Waals surface area contributed by atoms with Gasteiger partial charge < -0.3 is 14.8 Å². The molecular weight excluding hydrogens is 444 g/mol. The molecule has 3 rings (SSSR count). The van der Waals surface area contributed by atoms with Gasteiger partial charge in [-0.25, -0.2) is 4.79 Å². The third-order valence-electron chi connectivity index (χ3n) is 3.94. The molecule has 0 aliphatic carbocycles. The van der Waals surface area contributed by atoms with Crippen LogP contribution in [0, 0.1) is 0 Å². The quantitative estimate of drug-likeness (QED) is 0.476. The molecule has 1 heterocycles. The van der Waals surface area contributed by atoms with Gasteiger partial charge in [0.15, 0.2) is 6.61 Å². The second kappa shape index (κ2) is 10.1. The molecule has 2 N–H and O–H groups in total. The van der Waals surface area contributed by atoms with Gasteiger partial charge in [0.2, 0.25) is 0 Å². The third-order valence-corrected chi connectivity index (χ3v) is 4.98. The van der Waals surface area contributed by atoms with Gasteiger partial charge in [-0.05, 0) is 67.2 Å². The fraction of sp³-hybridized carbons (Fsp3) is 0.143. The van der Waals surface area contributed by atoms with E-state index in [-0.39, 0.29) is 18.1 Å². The third kappa shape index (κ3) is 6.09. The lowest BCUT2D eigenvalue weighted by molar-refractivity contribution is -0.118. The number of anilines is 1. The summed E-state index contributed by atoms with van der Waals surface area (Å²) in [5, 5.41) is 4.76. The van der Waals surface area contributed by atoms with Gasteiger partial charge in [-0.15, -0.1) is 0 Å². The summed E-state index contributed by atoms with van der Waals surface area (Å²) in [6.45, 7) is 1.68. The van der Waals surface area contributed by atoms with Crippen molar-refractivity contribution in [1.82, 2.24) is 5.32 Å². The fourth-order valence-electron chi connectivity index (χ4n) is 2.57. The molecule has 2 aromatic carbocycles. The maximum absolute atomic E-state index is 12.2. The minimum absolute atomic E-state index is 0.197. The summed E-state index contributed by atoms with van der Waals surface area (Å²) >= 11 is 6.79. The molecule has 3 amide bonds. The lowest BCUT2D eigenvalue weighted by Gasteiger charge is -2.11. The van der Waals surface area contributed by atoms with Gasteiger partial charge in [0.1, 0.15) is 5.75 Å². The van der Waals surface area contributed by atoms with E-state index in [9.17, 15) is 19.2 Å². The van der Waals surface area contributed by atoms with Crippen LogP contribution in [-0.2, 0) is 14.3 Å². The van der Waals surface area contributed by atoms with Crippen molar-refractivity contribution in [3.05, 3.63) is 63.5 Å². The van der Waals surface area contributed by atoms with E-state index in [0.717, 1.165) is 11.8 Å². The normalized spacial score (nSPS) is 14.3. The number of benzene rings is 2. The van der Waals surface area contributed by atoms with Crippen LogP contribution in [0.1, 0.15) is 22.8 Å². The van der Waals surface area contributed by atoms with Crippen LogP contribution in [0.25, 0.3) is 6.08 Å². The summed E-state index contributed by atoms with van der Waals surface area (Å²) in [7, 11) is 0. The highest BCUT2D eigenvalue weighted by atomic mass is 35.5. The molecule has 1 fully saturated rings. The molecule has 0 unspecified atom stereocenters. The van der Waals surface area contributed by atoms with Crippen LogP contribution in [0.2, 0.25) is 5.02 Å². The van der Waals surface area contributed by atoms with Crippen molar-refractivity contribution in [2.24, 2.45) is 0 Å². The SMILES string of the molecule is CCOC(=O)c1ccc(NC(=O)COc2ccc(Cl)cc2/C=C2\SC(=O)NC2=O)cc1. The largest absolute Gasteiger partial charge is 0.483 e. The molecule has 8 nitrogen and oxygen atoms in total. The van der Waals surface area contributed by atoms with E-state index in [1.807, 2.05) is 0 Å². The van der Waals surface area contributed by atoms with E-state index in [0.29, 0.717) is 27.6 Å². The average molecular weight is 461 g/mol. The number of ether oxygens (including phenoxy) is 2. The minimum Gasteiger partial charge on any atom is -0.483 e. The highest BCUT2D eigenvalue weighted by molar-refractivity contribution is 8.18. The first-order chi connectivity index (χ1) is 14.9. The second-order valence-electron chi connectivity index (χ2n) is 6.17. The molecule has 0 bridgehead atoms. The molecule has 0 spiro atoms. The van der Waals surface area contributed by atoms with Crippen molar-refractivity contribution in [2.75, 3.05) is 18.5 Å². The Balaban J connectivity index is 1.64. The van der Waals surface area contributed by atoms with Gasteiger partial charge in [-0.1, -0.05) is 11.6 Å². The van der Waals surface area contributed by atoms with Crippen molar-refractivity contribution in [1.29, 1.82) is 0 Å². The smallest absolute Gasteiger partial charge is 0.338 e. The Morgan fingerprint density at radius 1 is 1.16 bits per heavy atom. The summed E-state index contributed by atoms with van der Waals surface area (Å²) in [5.74, 6) is -1.06. The predicted molar refractivity (Wildman–Crippen MR) is 117 cm³/mol. The fourth-order valence-corrected chi connectivity index (χ4v) is 3.42. The highest BCUT2D eigenvalue weighted by Crippen LogP contribution is 2.30. The molecule has 0 aromatic heterocycles. The van der Waals surface area contributed by atoms with E-state index in [1.54, 1.807) is 49.4 Å². The van der Waals surface area contributed by atoms with Crippen LogP contribution in [0.15, 0.2) is 47.4 Å². The standard InChI is InChI=1S/C21H17ClN2O6S/c1-2-29-20(27)12-3-6-15(7-4-12)23-18(25)11-30-16-8-5-14(22)9-13(16)10-17-19(26)24-21(28)31-17/h3-10H,2,11H2,1H3,(H,23,25)(H,24,26,28)/b17-10-. The number of nitrogens with one attached hydrogen (secondary N) is 2. The lowest BCUT2D eigenvalue weighted by Crippen LogP contribution is -2.20. The maximum Gasteiger partial charge on any atom is 0.338 e. The Morgan fingerprint density at radius 3 is 2.55 bits per heavy atom. The average Bonchev–Trinajstić information content (AvgIpc) is 3.05. The molecular formula is C21H17ClN2O6S. The number of thioether (sulfide) groups is 1. The van der Waals surface area contributed by atoms with Crippen LogP contribution in [0.5, 0.6) is 5.75 Å². The number of esters is 1. The lowest BCUT2D eigenvalue weighted by atomic mass is 10.2. The van der Waals surface area contributed by atoms with Crippen LogP contribution < -0.4 is 15.4 Å². The van der Waals surface area contributed by atoms with Gasteiger partial charge >= 0.3 is 5.97 Å². The zero-order valence-electron chi connectivity index (χ0n) is 16.3. The van der Waals surface area contributed by atoms with Crippen LogP contribution in [0.3, 0.4) is 0 Å². The van der Waals surface area contributed by atoms with Crippen LogP contribution >= 0.6 is 23.4 Å². The van der Waals surface area contributed by atoms with Crippen molar-refractivity contribution < 1.29 is 28.7 Å². The number of amides is 3. The van der Waals surface area contributed by atoms with E-state index in [1.165, 1.54) is 6.08 Å². The molecule has 10 heteroatoms. The number of imide groups is 1. The number of carbonyl (C=O) groups is 4. The van der Waals surface area contributed by atoms with Crippen molar-refractivity contribution in [2.45, 2.75) is 6.92 Å². The Bertz CT molecular complexity index is 1070. The monoisotopic (exact) mass is 460 g/mol. The Labute approximate surface area is 186 Å². The second-order valence-corrected chi connectivity index (χ2v) is 7.62. The first kappa shape index (κ1) is 22.4. The van der Waals surface area contributed by atoms with E-state index in [2.05, 4.69) is 10.6 Å². The molecule has 1 aliphatic heterocycles. The molecule has 2 aromatic rings. The topological polar surface area (TPSA) is 111 Å². The van der Waals surface area contributed by atoms with E-state index < -0.39 is 23.0 Å². The summed E-state index contributed by atoms with van der Waals surface area (Å²) in [6, 6.07) is 11.0. The first-order valence-corrected chi connectivity index (χ1v) is 10.3. The Hall–Kier alpha value is -3.30. The molecule has 1 saturated heterocycles. The van der Waals surface area contributed by atoms with Gasteiger partial charge in [-0.2, -0.15) is 0 Å². The van der Waals surface area contributed by atoms with Gasteiger partial charge in [-0.3, -0.25) is 19.7 Å². The number of carbonyl (C=O) groups excluding carboxylic acids is 4. The predicted octanol–water partition coefficient (Wildman–Crippen LogP) is 3.86. The number of rotatable bonds is 7.